The highest BCUT2D eigenvalue weighted by atomic mass is 32.2. The molecule has 0 bridgehead atoms. The molecule has 0 unspecified atom stereocenters. The Morgan fingerprint density at radius 3 is 2.32 bits per heavy atom. The smallest absolute Gasteiger partial charge is 0.282 e. The molecule has 4 nitrogen and oxygen atoms in total. The Hall–Kier alpha value is -1.98. The molecule has 0 amide bonds. The Labute approximate surface area is 131 Å². The molecule has 116 valence electrons. The molecule has 2 aromatic rings. The molecule has 0 aromatic heterocycles. The van der Waals surface area contributed by atoms with E-state index in [2.05, 4.69) is 42.1 Å². The third kappa shape index (κ3) is 4.51. The highest BCUT2D eigenvalue weighted by Gasteiger charge is 2.10. The van der Waals surface area contributed by atoms with Crippen LogP contribution in [0.1, 0.15) is 16.7 Å². The summed E-state index contributed by atoms with van der Waals surface area (Å²) < 4.78 is 31.8. The minimum Gasteiger partial charge on any atom is -0.282 e. The maximum atomic E-state index is 10.5. The highest BCUT2D eigenvalue weighted by molar-refractivity contribution is 7.85. The van der Waals surface area contributed by atoms with E-state index in [4.69, 9.17) is 4.55 Å². The summed E-state index contributed by atoms with van der Waals surface area (Å²) in [6.45, 7) is 2.99. The summed E-state index contributed by atoms with van der Waals surface area (Å²) in [4.78, 5) is -0.0666. The fourth-order valence-electron chi connectivity index (χ4n) is 2.20. The van der Waals surface area contributed by atoms with Crippen molar-refractivity contribution in [3.8, 4) is 0 Å². The second kappa shape index (κ2) is 6.85. The molecule has 0 saturated heterocycles. The van der Waals surface area contributed by atoms with E-state index < -0.39 is 10.1 Å². The SMILES string of the molecule is C[N+]1=Cc2ccccc2CC1.Cc1ccc(S(=O)(=O)O)cc1. The van der Waals surface area contributed by atoms with Gasteiger partial charge in [0.2, 0.25) is 0 Å². The van der Waals surface area contributed by atoms with Gasteiger partial charge in [-0.05, 0) is 30.7 Å². The first-order valence-electron chi connectivity index (χ1n) is 7.03. The number of hydrogen-bond acceptors (Lipinski definition) is 2. The van der Waals surface area contributed by atoms with Gasteiger partial charge in [0.25, 0.3) is 10.1 Å². The van der Waals surface area contributed by atoms with E-state index in [-0.39, 0.29) is 4.90 Å². The fourth-order valence-corrected chi connectivity index (χ4v) is 2.68. The fraction of sp³-hybridized carbons (Fsp3) is 0.235. The molecule has 1 heterocycles. The summed E-state index contributed by atoms with van der Waals surface area (Å²) in [6, 6.07) is 14.6. The Bertz CT molecular complexity index is 778. The molecule has 0 saturated carbocycles. The average molecular weight is 318 g/mol. The van der Waals surface area contributed by atoms with E-state index in [1.54, 1.807) is 12.1 Å². The summed E-state index contributed by atoms with van der Waals surface area (Å²) in [5, 5.41) is 0. The molecule has 0 spiro atoms. The summed E-state index contributed by atoms with van der Waals surface area (Å²) in [5.74, 6) is 0. The monoisotopic (exact) mass is 318 g/mol. The summed E-state index contributed by atoms with van der Waals surface area (Å²) in [5.41, 5.74) is 3.81. The summed E-state index contributed by atoms with van der Waals surface area (Å²) in [6.07, 6.45) is 3.39. The van der Waals surface area contributed by atoms with Gasteiger partial charge in [0, 0.05) is 12.0 Å². The molecule has 0 fully saturated rings. The van der Waals surface area contributed by atoms with Gasteiger partial charge < -0.3 is 0 Å². The lowest BCUT2D eigenvalue weighted by Crippen LogP contribution is -2.18. The number of nitrogens with zero attached hydrogens (tertiary/aromatic N) is 1. The van der Waals surface area contributed by atoms with Crippen LogP contribution in [0.5, 0.6) is 0 Å². The molecule has 0 radical (unpaired) electrons. The predicted molar refractivity (Wildman–Crippen MR) is 87.4 cm³/mol. The van der Waals surface area contributed by atoms with Crippen molar-refractivity contribution in [1.82, 2.24) is 0 Å². The largest absolute Gasteiger partial charge is 0.294 e. The first-order chi connectivity index (χ1) is 10.4. The molecule has 3 rings (SSSR count). The van der Waals surface area contributed by atoms with Gasteiger partial charge in [0.15, 0.2) is 6.21 Å². The summed E-state index contributed by atoms with van der Waals surface area (Å²) in [7, 11) is -1.90. The molecule has 0 aliphatic carbocycles. The van der Waals surface area contributed by atoms with Crippen molar-refractivity contribution in [2.45, 2.75) is 18.2 Å². The van der Waals surface area contributed by atoms with Gasteiger partial charge in [-0.1, -0.05) is 35.9 Å². The highest BCUT2D eigenvalue weighted by Crippen LogP contribution is 2.10. The lowest BCUT2D eigenvalue weighted by Gasteiger charge is -2.08. The predicted octanol–water partition coefficient (Wildman–Crippen LogP) is 2.55. The normalized spacial score (nSPS) is 13.5. The van der Waals surface area contributed by atoms with E-state index in [0.717, 1.165) is 12.1 Å². The van der Waals surface area contributed by atoms with Crippen LogP contribution in [0.15, 0.2) is 53.4 Å². The molecule has 1 N–H and O–H groups in total. The van der Waals surface area contributed by atoms with E-state index in [1.165, 1.54) is 29.7 Å². The van der Waals surface area contributed by atoms with Crippen LogP contribution in [0.4, 0.5) is 0 Å². The van der Waals surface area contributed by atoms with Gasteiger partial charge in [-0.2, -0.15) is 8.42 Å². The zero-order valence-corrected chi connectivity index (χ0v) is 13.5. The third-order valence-corrected chi connectivity index (χ3v) is 4.34. The Morgan fingerprint density at radius 2 is 1.68 bits per heavy atom. The third-order valence-electron chi connectivity index (χ3n) is 3.47. The van der Waals surface area contributed by atoms with Crippen LogP contribution in [0.2, 0.25) is 0 Å². The number of hydrogen-bond donors (Lipinski definition) is 1. The van der Waals surface area contributed by atoms with Crippen LogP contribution in [0.25, 0.3) is 0 Å². The van der Waals surface area contributed by atoms with Crippen molar-refractivity contribution in [3.63, 3.8) is 0 Å². The standard InChI is InChI=1S/C10H12N.C7H8O3S/c1-11-7-6-9-4-2-3-5-10(9)8-11;1-6-2-4-7(5-3-6)11(8,9)10/h2-5,8H,6-7H2,1H3;2-5H,1H3,(H,8,9,10)/q+1;. The molecule has 5 heteroatoms. The van der Waals surface area contributed by atoms with Crippen molar-refractivity contribution in [3.05, 3.63) is 65.2 Å². The maximum absolute atomic E-state index is 10.5. The van der Waals surface area contributed by atoms with Crippen molar-refractivity contribution in [2.24, 2.45) is 0 Å². The van der Waals surface area contributed by atoms with Crippen LogP contribution in [0, 0.1) is 6.92 Å². The number of fused-ring (bicyclic) bond motifs is 1. The van der Waals surface area contributed by atoms with Gasteiger partial charge >= 0.3 is 0 Å². The van der Waals surface area contributed by atoms with Crippen LogP contribution in [0.3, 0.4) is 0 Å². The maximum Gasteiger partial charge on any atom is 0.294 e. The summed E-state index contributed by atoms with van der Waals surface area (Å²) >= 11 is 0. The molecule has 0 atom stereocenters. The van der Waals surface area contributed by atoms with Crippen LogP contribution in [-0.2, 0) is 16.5 Å². The number of rotatable bonds is 1. The minimum atomic E-state index is -4.02. The first kappa shape index (κ1) is 16.4. The van der Waals surface area contributed by atoms with E-state index in [9.17, 15) is 8.42 Å². The quantitative estimate of drug-likeness (QED) is 0.649. The molecule has 1 aliphatic rings. The Balaban J connectivity index is 0.000000160. The molecular formula is C17H20NO3S+. The number of benzene rings is 2. The second-order valence-electron chi connectivity index (χ2n) is 5.35. The van der Waals surface area contributed by atoms with Crippen molar-refractivity contribution >= 4 is 16.3 Å². The average Bonchev–Trinajstić information content (AvgIpc) is 2.47. The zero-order valence-electron chi connectivity index (χ0n) is 12.7. The van der Waals surface area contributed by atoms with E-state index >= 15 is 0 Å². The van der Waals surface area contributed by atoms with Crippen molar-refractivity contribution in [2.75, 3.05) is 13.6 Å². The molecular weight excluding hydrogens is 298 g/mol. The molecule has 2 aromatic carbocycles. The van der Waals surface area contributed by atoms with Gasteiger partial charge in [-0.25, -0.2) is 4.58 Å². The van der Waals surface area contributed by atoms with Crippen LogP contribution in [-0.4, -0.2) is 37.4 Å². The van der Waals surface area contributed by atoms with Crippen LogP contribution < -0.4 is 0 Å². The Kier molecular flexibility index (Phi) is 5.11. The van der Waals surface area contributed by atoms with Crippen molar-refractivity contribution < 1.29 is 17.5 Å². The first-order valence-corrected chi connectivity index (χ1v) is 8.47. The zero-order chi connectivity index (χ0) is 16.2. The lowest BCUT2D eigenvalue weighted by molar-refractivity contribution is -0.493. The topological polar surface area (TPSA) is 57.4 Å². The Morgan fingerprint density at radius 1 is 1.05 bits per heavy atom. The molecule has 22 heavy (non-hydrogen) atoms. The van der Waals surface area contributed by atoms with Crippen molar-refractivity contribution in [1.29, 1.82) is 0 Å². The lowest BCUT2D eigenvalue weighted by atomic mass is 10.0. The minimum absolute atomic E-state index is 0.0666. The number of aryl methyl sites for hydroxylation is 1. The molecule has 1 aliphatic heterocycles. The van der Waals surface area contributed by atoms with Crippen LogP contribution >= 0.6 is 0 Å². The van der Waals surface area contributed by atoms with Gasteiger partial charge in [-0.3, -0.25) is 4.55 Å². The number of likely N-dealkylation sites (N-methyl/N-ethyl adjacent to an activating group) is 1. The van der Waals surface area contributed by atoms with Gasteiger partial charge in [-0.15, -0.1) is 0 Å². The van der Waals surface area contributed by atoms with E-state index in [1.807, 2.05) is 6.92 Å². The van der Waals surface area contributed by atoms with E-state index in [0.29, 0.717) is 0 Å². The second-order valence-corrected chi connectivity index (χ2v) is 6.77. The van der Waals surface area contributed by atoms with Gasteiger partial charge in [0.1, 0.15) is 13.6 Å². The van der Waals surface area contributed by atoms with Gasteiger partial charge in [0.05, 0.1) is 4.90 Å².